The third-order valence-corrected chi connectivity index (χ3v) is 4.77. The monoisotopic (exact) mass is 325 g/mol. The van der Waals surface area contributed by atoms with Gasteiger partial charge in [-0.15, -0.1) is 12.4 Å². The number of morpholine rings is 1. The number of aliphatic hydroxyl groups excluding tert-OH is 1. The van der Waals surface area contributed by atoms with Crippen molar-refractivity contribution >= 4 is 18.4 Å². The van der Waals surface area contributed by atoms with Gasteiger partial charge in [0.15, 0.2) is 0 Å². The SMILES string of the molecule is Cl.O=C(OC1C[C@@H]2N[C@H](C1)C1O[C@H]12)[C@H](CO)c1ccccc1. The van der Waals surface area contributed by atoms with E-state index < -0.39 is 5.92 Å². The Morgan fingerprint density at radius 1 is 1.27 bits per heavy atom. The van der Waals surface area contributed by atoms with Crippen LogP contribution in [0, 0.1) is 0 Å². The maximum Gasteiger partial charge on any atom is 0.316 e. The molecule has 0 amide bonds. The number of carbonyl (C=O) groups is 1. The molecule has 2 unspecified atom stereocenters. The van der Waals surface area contributed by atoms with Gasteiger partial charge in [0.25, 0.3) is 0 Å². The Morgan fingerprint density at radius 3 is 2.50 bits per heavy atom. The fraction of sp³-hybridized carbons (Fsp3) is 0.562. The van der Waals surface area contributed by atoms with Gasteiger partial charge >= 0.3 is 5.97 Å². The standard InChI is InChI=1S/C16H19NO4.ClH/c18-8-11(9-4-2-1-3-5-9)16(19)20-10-6-12-14-15(21-14)13(7-10)17-12;/h1-5,10-15,17-18H,6-8H2;1H/t10?,11-,12-,13+,14?,15+;/m1./s1. The second-order valence-corrected chi connectivity index (χ2v) is 6.12. The van der Waals surface area contributed by atoms with Crippen molar-refractivity contribution in [3.63, 3.8) is 0 Å². The van der Waals surface area contributed by atoms with Gasteiger partial charge in [0.1, 0.15) is 24.2 Å². The lowest BCUT2D eigenvalue weighted by atomic mass is 9.98. The lowest BCUT2D eigenvalue weighted by molar-refractivity contribution is -0.154. The van der Waals surface area contributed by atoms with Gasteiger partial charge in [-0.2, -0.15) is 0 Å². The van der Waals surface area contributed by atoms with Gasteiger partial charge in [-0.3, -0.25) is 4.79 Å². The molecule has 3 aliphatic heterocycles. The molecule has 0 spiro atoms. The van der Waals surface area contributed by atoms with Crippen LogP contribution in [0.1, 0.15) is 24.3 Å². The van der Waals surface area contributed by atoms with Crippen molar-refractivity contribution in [1.29, 1.82) is 0 Å². The summed E-state index contributed by atoms with van der Waals surface area (Å²) in [5.41, 5.74) is 0.799. The van der Waals surface area contributed by atoms with Crippen LogP contribution in [0.4, 0.5) is 0 Å². The van der Waals surface area contributed by atoms with Gasteiger partial charge in [0, 0.05) is 24.9 Å². The molecule has 22 heavy (non-hydrogen) atoms. The number of aliphatic hydroxyl groups is 1. The van der Waals surface area contributed by atoms with Crippen LogP contribution in [0.2, 0.25) is 0 Å². The summed E-state index contributed by atoms with van der Waals surface area (Å²) in [7, 11) is 0. The molecule has 0 aliphatic carbocycles. The van der Waals surface area contributed by atoms with Gasteiger partial charge in [-0.1, -0.05) is 30.3 Å². The normalized spacial score (nSPS) is 36.0. The van der Waals surface area contributed by atoms with E-state index in [-0.39, 0.29) is 31.1 Å². The highest BCUT2D eigenvalue weighted by atomic mass is 35.5. The number of halogens is 1. The second kappa shape index (κ2) is 6.16. The molecule has 3 saturated heterocycles. The highest BCUT2D eigenvalue weighted by molar-refractivity contribution is 5.85. The minimum atomic E-state index is -0.593. The first kappa shape index (κ1) is 15.7. The molecule has 5 nitrogen and oxygen atoms in total. The summed E-state index contributed by atoms with van der Waals surface area (Å²) in [5, 5.41) is 13.0. The van der Waals surface area contributed by atoms with Gasteiger partial charge in [-0.25, -0.2) is 0 Å². The van der Waals surface area contributed by atoms with Crippen LogP contribution in [0.15, 0.2) is 30.3 Å². The molecule has 0 radical (unpaired) electrons. The number of nitrogens with one attached hydrogen (secondary N) is 1. The van der Waals surface area contributed by atoms with Crippen molar-refractivity contribution < 1.29 is 19.4 Å². The molecule has 3 fully saturated rings. The smallest absolute Gasteiger partial charge is 0.316 e. The first-order valence-corrected chi connectivity index (χ1v) is 7.54. The van der Waals surface area contributed by atoms with Crippen molar-refractivity contribution in [1.82, 2.24) is 5.32 Å². The summed E-state index contributed by atoms with van der Waals surface area (Å²) in [6.45, 7) is -0.227. The van der Waals surface area contributed by atoms with E-state index in [1.54, 1.807) is 0 Å². The Balaban J connectivity index is 0.00000144. The summed E-state index contributed by atoms with van der Waals surface area (Å²) >= 11 is 0. The molecule has 1 aromatic rings. The number of benzene rings is 1. The lowest BCUT2D eigenvalue weighted by Gasteiger charge is -2.31. The third-order valence-electron chi connectivity index (χ3n) is 4.77. The Labute approximate surface area is 135 Å². The van der Waals surface area contributed by atoms with Crippen LogP contribution in [-0.2, 0) is 14.3 Å². The van der Waals surface area contributed by atoms with E-state index in [2.05, 4.69) is 5.32 Å². The minimum absolute atomic E-state index is 0. The Kier molecular flexibility index (Phi) is 4.41. The van der Waals surface area contributed by atoms with Gasteiger partial charge < -0.3 is 19.9 Å². The van der Waals surface area contributed by atoms with E-state index >= 15 is 0 Å². The zero-order valence-corrected chi connectivity index (χ0v) is 12.9. The Hall–Kier alpha value is -1.14. The summed E-state index contributed by atoms with van der Waals surface area (Å²) < 4.78 is 11.2. The van der Waals surface area contributed by atoms with Crippen LogP contribution in [0.25, 0.3) is 0 Å². The maximum absolute atomic E-state index is 12.3. The first-order chi connectivity index (χ1) is 10.3. The van der Waals surface area contributed by atoms with Crippen LogP contribution in [-0.4, -0.2) is 48.1 Å². The predicted molar refractivity (Wildman–Crippen MR) is 82.0 cm³/mol. The second-order valence-electron chi connectivity index (χ2n) is 6.12. The van der Waals surface area contributed by atoms with Crippen molar-refractivity contribution in [2.75, 3.05) is 6.61 Å². The molecule has 3 heterocycles. The van der Waals surface area contributed by atoms with Crippen LogP contribution >= 0.6 is 12.4 Å². The topological polar surface area (TPSA) is 71.1 Å². The summed E-state index contributed by atoms with van der Waals surface area (Å²) in [6, 6.07) is 9.93. The summed E-state index contributed by atoms with van der Waals surface area (Å²) in [6.07, 6.45) is 2.18. The first-order valence-electron chi connectivity index (χ1n) is 7.54. The number of ether oxygens (including phenoxy) is 2. The van der Waals surface area contributed by atoms with Crippen molar-refractivity contribution in [3.05, 3.63) is 35.9 Å². The number of fused-ring (bicyclic) bond motifs is 5. The van der Waals surface area contributed by atoms with E-state index in [0.717, 1.165) is 18.4 Å². The van der Waals surface area contributed by atoms with E-state index in [1.807, 2.05) is 30.3 Å². The fourth-order valence-electron chi connectivity index (χ4n) is 3.66. The molecule has 3 aliphatic rings. The molecular weight excluding hydrogens is 306 g/mol. The number of piperidine rings is 1. The molecule has 0 aromatic heterocycles. The van der Waals surface area contributed by atoms with Crippen molar-refractivity contribution in [2.24, 2.45) is 0 Å². The van der Waals surface area contributed by atoms with Crippen LogP contribution in [0.3, 0.4) is 0 Å². The molecule has 2 bridgehead atoms. The Bertz CT molecular complexity index is 524. The average molecular weight is 326 g/mol. The molecule has 4 rings (SSSR count). The van der Waals surface area contributed by atoms with E-state index in [9.17, 15) is 9.90 Å². The summed E-state index contributed by atoms with van der Waals surface area (Å²) in [5.74, 6) is -0.922. The zero-order chi connectivity index (χ0) is 14.4. The van der Waals surface area contributed by atoms with Crippen molar-refractivity contribution in [3.8, 4) is 0 Å². The van der Waals surface area contributed by atoms with Gasteiger partial charge in [0.05, 0.1) is 6.61 Å². The molecular formula is C16H20ClNO4. The van der Waals surface area contributed by atoms with E-state index in [0.29, 0.717) is 24.3 Å². The number of rotatable bonds is 4. The number of esters is 1. The van der Waals surface area contributed by atoms with Gasteiger partial charge in [0.2, 0.25) is 0 Å². The molecule has 0 saturated carbocycles. The molecule has 6 atom stereocenters. The number of carbonyl (C=O) groups excluding carboxylic acids is 1. The summed E-state index contributed by atoms with van der Waals surface area (Å²) in [4.78, 5) is 12.3. The quantitative estimate of drug-likeness (QED) is 0.638. The average Bonchev–Trinajstić information content (AvgIpc) is 3.25. The molecule has 1 aromatic carbocycles. The number of hydrogen-bond donors (Lipinski definition) is 2. The Morgan fingerprint density at radius 2 is 1.91 bits per heavy atom. The lowest BCUT2D eigenvalue weighted by Crippen LogP contribution is -2.47. The maximum atomic E-state index is 12.3. The fourth-order valence-corrected chi connectivity index (χ4v) is 3.66. The van der Waals surface area contributed by atoms with Gasteiger partial charge in [-0.05, 0) is 5.56 Å². The van der Waals surface area contributed by atoms with Crippen molar-refractivity contribution in [2.45, 2.75) is 49.2 Å². The third kappa shape index (κ3) is 2.74. The molecule has 120 valence electrons. The highest BCUT2D eigenvalue weighted by Crippen LogP contribution is 2.42. The van der Waals surface area contributed by atoms with E-state index in [1.165, 1.54) is 0 Å². The van der Waals surface area contributed by atoms with E-state index in [4.69, 9.17) is 9.47 Å². The number of hydrogen-bond acceptors (Lipinski definition) is 5. The zero-order valence-electron chi connectivity index (χ0n) is 12.1. The van der Waals surface area contributed by atoms with Crippen LogP contribution < -0.4 is 5.32 Å². The predicted octanol–water partition coefficient (Wildman–Crippen LogP) is 0.998. The minimum Gasteiger partial charge on any atom is -0.462 e. The molecule has 2 N–H and O–H groups in total. The molecule has 6 heteroatoms. The highest BCUT2D eigenvalue weighted by Gasteiger charge is 2.59. The number of epoxide rings is 1. The largest absolute Gasteiger partial charge is 0.462 e. The van der Waals surface area contributed by atoms with Crippen LogP contribution in [0.5, 0.6) is 0 Å².